The van der Waals surface area contributed by atoms with Gasteiger partial charge in [0.05, 0.1) is 0 Å². The molecule has 1 aromatic rings. The summed E-state index contributed by atoms with van der Waals surface area (Å²) in [4.78, 5) is 2.21. The van der Waals surface area contributed by atoms with Crippen LogP contribution in [-0.4, -0.2) is 31.6 Å². The molecule has 3 heteroatoms. The van der Waals surface area contributed by atoms with Crippen LogP contribution in [0.5, 0.6) is 0 Å². The van der Waals surface area contributed by atoms with E-state index < -0.39 is 0 Å². The maximum Gasteiger partial charge on any atom is 0.123 e. The normalized spacial score (nSPS) is 18.6. The molecule has 2 rings (SSSR count). The van der Waals surface area contributed by atoms with Crippen LogP contribution in [0.1, 0.15) is 37.8 Å². The Morgan fingerprint density at radius 3 is 2.42 bits per heavy atom. The fourth-order valence-corrected chi connectivity index (χ4v) is 2.45. The Balaban J connectivity index is 1.94. The molecule has 0 heterocycles. The average Bonchev–Trinajstić information content (AvgIpc) is 3.19. The molecule has 1 fully saturated rings. The zero-order valence-corrected chi connectivity index (χ0v) is 12.2. The van der Waals surface area contributed by atoms with Gasteiger partial charge < -0.3 is 10.2 Å². The van der Waals surface area contributed by atoms with Crippen molar-refractivity contribution in [2.75, 3.05) is 20.6 Å². The molecule has 2 nitrogen and oxygen atoms in total. The lowest BCUT2D eigenvalue weighted by molar-refractivity contribution is 0.340. The van der Waals surface area contributed by atoms with Crippen LogP contribution in [0.15, 0.2) is 24.3 Å². The minimum atomic E-state index is -0.154. The third-order valence-electron chi connectivity index (χ3n) is 3.80. The molecule has 2 atom stereocenters. The van der Waals surface area contributed by atoms with Crippen LogP contribution in [0.3, 0.4) is 0 Å². The fourth-order valence-electron chi connectivity index (χ4n) is 2.45. The van der Waals surface area contributed by atoms with Crippen LogP contribution in [-0.2, 0) is 0 Å². The highest BCUT2D eigenvalue weighted by Crippen LogP contribution is 2.41. The van der Waals surface area contributed by atoms with E-state index in [1.807, 2.05) is 12.1 Å². The van der Waals surface area contributed by atoms with Gasteiger partial charge in [0.2, 0.25) is 0 Å². The van der Waals surface area contributed by atoms with Crippen molar-refractivity contribution in [3.05, 3.63) is 35.6 Å². The van der Waals surface area contributed by atoms with E-state index in [0.717, 1.165) is 18.9 Å². The summed E-state index contributed by atoms with van der Waals surface area (Å²) in [6.45, 7) is 3.33. The molecular formula is C16H25FN2. The number of nitrogens with zero attached hydrogens (tertiary/aromatic N) is 1. The lowest BCUT2D eigenvalue weighted by Crippen LogP contribution is -2.34. The highest BCUT2D eigenvalue weighted by atomic mass is 19.1. The number of hydrogen-bond acceptors (Lipinski definition) is 2. The second-order valence-electron chi connectivity index (χ2n) is 6.03. The molecule has 2 unspecified atom stereocenters. The summed E-state index contributed by atoms with van der Waals surface area (Å²) in [6.07, 6.45) is 3.71. The van der Waals surface area contributed by atoms with Gasteiger partial charge in [-0.05, 0) is 70.4 Å². The Morgan fingerprint density at radius 2 is 1.89 bits per heavy atom. The highest BCUT2D eigenvalue weighted by molar-refractivity contribution is 5.22. The monoisotopic (exact) mass is 264 g/mol. The minimum absolute atomic E-state index is 0.154. The predicted molar refractivity (Wildman–Crippen MR) is 77.6 cm³/mol. The number of hydrogen-bond donors (Lipinski definition) is 1. The van der Waals surface area contributed by atoms with Crippen LogP contribution in [0.25, 0.3) is 0 Å². The van der Waals surface area contributed by atoms with Crippen molar-refractivity contribution in [3.63, 3.8) is 0 Å². The quantitative estimate of drug-likeness (QED) is 0.813. The zero-order valence-electron chi connectivity index (χ0n) is 12.2. The van der Waals surface area contributed by atoms with E-state index in [-0.39, 0.29) is 5.82 Å². The van der Waals surface area contributed by atoms with Crippen molar-refractivity contribution in [1.82, 2.24) is 10.2 Å². The molecule has 106 valence electrons. The molecule has 1 saturated carbocycles. The maximum absolute atomic E-state index is 13.0. The molecule has 1 aromatic carbocycles. The van der Waals surface area contributed by atoms with Crippen LogP contribution in [0.2, 0.25) is 0 Å². The Labute approximate surface area is 116 Å². The molecule has 19 heavy (non-hydrogen) atoms. The third-order valence-corrected chi connectivity index (χ3v) is 3.80. The summed E-state index contributed by atoms with van der Waals surface area (Å²) in [5, 5.41) is 3.72. The van der Waals surface area contributed by atoms with E-state index in [1.165, 1.54) is 18.4 Å². The van der Waals surface area contributed by atoms with Crippen LogP contribution < -0.4 is 5.32 Å². The second kappa shape index (κ2) is 6.49. The summed E-state index contributed by atoms with van der Waals surface area (Å²) in [6, 6.07) is 7.85. The number of nitrogens with one attached hydrogen (secondary N) is 1. The molecule has 0 aliphatic heterocycles. The molecule has 0 aromatic heterocycles. The first-order valence-corrected chi connectivity index (χ1v) is 7.22. The van der Waals surface area contributed by atoms with Gasteiger partial charge in [0.25, 0.3) is 0 Å². The van der Waals surface area contributed by atoms with E-state index >= 15 is 0 Å². The van der Waals surface area contributed by atoms with Crippen molar-refractivity contribution < 1.29 is 4.39 Å². The van der Waals surface area contributed by atoms with E-state index in [0.29, 0.717) is 12.1 Å². The lowest BCUT2D eigenvalue weighted by Gasteiger charge is -2.25. The number of benzene rings is 1. The Hall–Kier alpha value is -0.930. The van der Waals surface area contributed by atoms with Crippen LogP contribution >= 0.6 is 0 Å². The Morgan fingerprint density at radius 1 is 1.26 bits per heavy atom. The van der Waals surface area contributed by atoms with E-state index in [9.17, 15) is 4.39 Å². The SMILES string of the molecule is CC(CCN(C)C)NC(c1ccc(F)cc1)C1CC1. The molecule has 1 aliphatic carbocycles. The smallest absolute Gasteiger partial charge is 0.123 e. The van der Waals surface area contributed by atoms with Gasteiger partial charge in [-0.3, -0.25) is 0 Å². The lowest BCUT2D eigenvalue weighted by atomic mass is 10.0. The van der Waals surface area contributed by atoms with Gasteiger partial charge in [0.15, 0.2) is 0 Å². The van der Waals surface area contributed by atoms with Gasteiger partial charge in [0.1, 0.15) is 5.82 Å². The topological polar surface area (TPSA) is 15.3 Å². The zero-order chi connectivity index (χ0) is 13.8. The summed E-state index contributed by atoms with van der Waals surface area (Å²) in [5.41, 5.74) is 1.22. The van der Waals surface area contributed by atoms with Gasteiger partial charge in [-0.15, -0.1) is 0 Å². The average molecular weight is 264 g/mol. The molecule has 1 N–H and O–H groups in total. The van der Waals surface area contributed by atoms with Gasteiger partial charge in [0, 0.05) is 12.1 Å². The van der Waals surface area contributed by atoms with E-state index in [1.54, 1.807) is 12.1 Å². The van der Waals surface area contributed by atoms with Crippen molar-refractivity contribution in [2.45, 2.75) is 38.3 Å². The second-order valence-corrected chi connectivity index (χ2v) is 6.03. The largest absolute Gasteiger partial charge is 0.309 e. The summed E-state index contributed by atoms with van der Waals surface area (Å²) >= 11 is 0. The summed E-state index contributed by atoms with van der Waals surface area (Å²) in [7, 11) is 4.20. The highest BCUT2D eigenvalue weighted by Gasteiger charge is 2.32. The molecule has 0 spiro atoms. The maximum atomic E-state index is 13.0. The van der Waals surface area contributed by atoms with Gasteiger partial charge >= 0.3 is 0 Å². The minimum Gasteiger partial charge on any atom is -0.309 e. The first kappa shape index (κ1) is 14.5. The van der Waals surface area contributed by atoms with Crippen LogP contribution in [0, 0.1) is 11.7 Å². The van der Waals surface area contributed by atoms with Crippen molar-refractivity contribution >= 4 is 0 Å². The summed E-state index contributed by atoms with van der Waals surface area (Å²) < 4.78 is 13.0. The van der Waals surface area contributed by atoms with Crippen LogP contribution in [0.4, 0.5) is 4.39 Å². The Bertz CT molecular complexity index is 384. The van der Waals surface area contributed by atoms with E-state index in [4.69, 9.17) is 0 Å². The molecule has 0 bridgehead atoms. The first-order valence-electron chi connectivity index (χ1n) is 7.22. The number of rotatable bonds is 7. The Kier molecular flexibility index (Phi) is 4.94. The molecule has 0 radical (unpaired) electrons. The molecular weight excluding hydrogens is 239 g/mol. The third kappa shape index (κ3) is 4.59. The standard InChI is InChI=1S/C16H25FN2/c1-12(10-11-19(2)3)18-16(13-4-5-13)14-6-8-15(17)9-7-14/h6-9,12-13,16,18H,4-5,10-11H2,1-3H3. The molecule has 1 aliphatic rings. The molecule has 0 amide bonds. The van der Waals surface area contributed by atoms with E-state index in [2.05, 4.69) is 31.2 Å². The fraction of sp³-hybridized carbons (Fsp3) is 0.625. The first-order chi connectivity index (χ1) is 9.06. The predicted octanol–water partition coefficient (Wildman–Crippen LogP) is 3.21. The summed E-state index contributed by atoms with van der Waals surface area (Å²) in [5.74, 6) is 0.575. The number of halogens is 1. The van der Waals surface area contributed by atoms with Gasteiger partial charge in [-0.2, -0.15) is 0 Å². The van der Waals surface area contributed by atoms with Gasteiger partial charge in [-0.1, -0.05) is 12.1 Å². The van der Waals surface area contributed by atoms with Crippen molar-refractivity contribution in [3.8, 4) is 0 Å². The van der Waals surface area contributed by atoms with Crippen molar-refractivity contribution in [1.29, 1.82) is 0 Å². The van der Waals surface area contributed by atoms with Gasteiger partial charge in [-0.25, -0.2) is 4.39 Å². The molecule has 0 saturated heterocycles. The van der Waals surface area contributed by atoms with Crippen molar-refractivity contribution in [2.24, 2.45) is 5.92 Å².